The van der Waals surface area contributed by atoms with Crippen LogP contribution in [0.5, 0.6) is 5.75 Å². The Morgan fingerprint density at radius 3 is 2.57 bits per heavy atom. The Kier molecular flexibility index (Phi) is 5.78. The average molecular weight is 442 g/mol. The van der Waals surface area contributed by atoms with Crippen molar-refractivity contribution in [3.8, 4) is 17.2 Å². The van der Waals surface area contributed by atoms with Gasteiger partial charge in [0, 0.05) is 23.1 Å². The third-order valence-electron chi connectivity index (χ3n) is 5.09. The van der Waals surface area contributed by atoms with Crippen LogP contribution in [0.3, 0.4) is 0 Å². The first-order chi connectivity index (χ1) is 13.6. The summed E-state index contributed by atoms with van der Waals surface area (Å²) in [7, 11) is 0. The largest absolute Gasteiger partial charge is 0.490 e. The summed E-state index contributed by atoms with van der Waals surface area (Å²) in [6.45, 7) is 6.81. The van der Waals surface area contributed by atoms with E-state index in [-0.39, 0.29) is 6.10 Å². The monoisotopic (exact) mass is 441 g/mol. The first-order valence-corrected chi connectivity index (χ1v) is 10.4. The van der Waals surface area contributed by atoms with Gasteiger partial charge in [-0.2, -0.15) is 0 Å². The van der Waals surface area contributed by atoms with Crippen molar-refractivity contribution in [1.82, 2.24) is 15.1 Å². The molecular weight excluding hydrogens is 418 g/mol. The number of benzene rings is 2. The van der Waals surface area contributed by atoms with Gasteiger partial charge in [-0.3, -0.25) is 4.90 Å². The van der Waals surface area contributed by atoms with Gasteiger partial charge in [-0.1, -0.05) is 28.1 Å². The number of aryl methyl sites for hydroxylation is 2. The van der Waals surface area contributed by atoms with Crippen LogP contribution in [0, 0.1) is 13.8 Å². The highest BCUT2D eigenvalue weighted by Gasteiger charge is 2.22. The van der Waals surface area contributed by atoms with E-state index in [4.69, 9.17) is 9.15 Å². The van der Waals surface area contributed by atoms with Crippen molar-refractivity contribution in [3.63, 3.8) is 0 Å². The fraction of sp³-hybridized carbons (Fsp3) is 0.364. The van der Waals surface area contributed by atoms with Crippen LogP contribution in [-0.4, -0.2) is 34.3 Å². The summed E-state index contributed by atoms with van der Waals surface area (Å²) < 4.78 is 13.1. The minimum atomic E-state index is 0.262. The molecule has 3 aromatic rings. The number of nitrogens with zero attached hydrogens (tertiary/aromatic N) is 3. The van der Waals surface area contributed by atoms with Crippen LogP contribution in [0.15, 0.2) is 51.4 Å². The SMILES string of the molecule is Cc1ccc(C)c(OC2CCN(Cc3nnc(-c4ccc(Br)cc4)o3)CC2)c1. The molecule has 1 saturated heterocycles. The van der Waals surface area contributed by atoms with Crippen LogP contribution in [0.25, 0.3) is 11.5 Å². The molecule has 2 aromatic carbocycles. The zero-order chi connectivity index (χ0) is 19.5. The minimum Gasteiger partial charge on any atom is -0.490 e. The molecule has 1 fully saturated rings. The highest BCUT2D eigenvalue weighted by atomic mass is 79.9. The van der Waals surface area contributed by atoms with Gasteiger partial charge in [0.25, 0.3) is 0 Å². The van der Waals surface area contributed by atoms with Crippen molar-refractivity contribution < 1.29 is 9.15 Å². The lowest BCUT2D eigenvalue weighted by atomic mass is 10.1. The van der Waals surface area contributed by atoms with Crippen LogP contribution in [-0.2, 0) is 6.54 Å². The molecule has 0 N–H and O–H groups in total. The van der Waals surface area contributed by atoms with E-state index >= 15 is 0 Å². The van der Waals surface area contributed by atoms with Gasteiger partial charge in [0.2, 0.25) is 11.8 Å². The molecule has 0 radical (unpaired) electrons. The summed E-state index contributed by atoms with van der Waals surface area (Å²) in [5.41, 5.74) is 3.36. The summed E-state index contributed by atoms with van der Waals surface area (Å²) in [6.07, 6.45) is 2.26. The van der Waals surface area contributed by atoms with E-state index in [1.165, 1.54) is 11.1 Å². The van der Waals surface area contributed by atoms with Gasteiger partial charge in [-0.25, -0.2) is 0 Å². The van der Waals surface area contributed by atoms with E-state index in [9.17, 15) is 0 Å². The second kappa shape index (κ2) is 8.45. The van der Waals surface area contributed by atoms with E-state index < -0.39 is 0 Å². The summed E-state index contributed by atoms with van der Waals surface area (Å²) in [4.78, 5) is 2.35. The predicted molar refractivity (Wildman–Crippen MR) is 112 cm³/mol. The van der Waals surface area contributed by atoms with Crippen molar-refractivity contribution >= 4 is 15.9 Å². The Morgan fingerprint density at radius 2 is 1.82 bits per heavy atom. The molecule has 0 spiro atoms. The van der Waals surface area contributed by atoms with Crippen LogP contribution in [0.2, 0.25) is 0 Å². The maximum atomic E-state index is 6.26. The fourth-order valence-corrected chi connectivity index (χ4v) is 3.68. The van der Waals surface area contributed by atoms with Crippen molar-refractivity contribution in [1.29, 1.82) is 0 Å². The van der Waals surface area contributed by atoms with Crippen molar-refractivity contribution in [2.45, 2.75) is 39.3 Å². The van der Waals surface area contributed by atoms with E-state index in [1.54, 1.807) is 0 Å². The molecule has 2 heterocycles. The van der Waals surface area contributed by atoms with Gasteiger partial charge < -0.3 is 9.15 Å². The topological polar surface area (TPSA) is 51.4 Å². The number of hydrogen-bond acceptors (Lipinski definition) is 5. The minimum absolute atomic E-state index is 0.262. The number of hydrogen-bond donors (Lipinski definition) is 0. The Labute approximate surface area is 173 Å². The highest BCUT2D eigenvalue weighted by molar-refractivity contribution is 9.10. The molecule has 0 bridgehead atoms. The summed E-state index contributed by atoms with van der Waals surface area (Å²) >= 11 is 3.44. The van der Waals surface area contributed by atoms with E-state index in [0.717, 1.165) is 41.7 Å². The van der Waals surface area contributed by atoms with Gasteiger partial charge in [0.15, 0.2) is 0 Å². The smallest absolute Gasteiger partial charge is 0.247 e. The Hall–Kier alpha value is -2.18. The Bertz CT molecular complexity index is 931. The number of rotatable bonds is 5. The van der Waals surface area contributed by atoms with Gasteiger partial charge in [0.1, 0.15) is 11.9 Å². The third kappa shape index (κ3) is 4.62. The molecular formula is C22H24BrN3O2. The normalized spacial score (nSPS) is 15.7. The second-order valence-electron chi connectivity index (χ2n) is 7.37. The molecule has 5 nitrogen and oxygen atoms in total. The summed E-state index contributed by atoms with van der Waals surface area (Å²) in [5.74, 6) is 2.23. The van der Waals surface area contributed by atoms with Gasteiger partial charge in [-0.15, -0.1) is 10.2 Å². The van der Waals surface area contributed by atoms with Crippen LogP contribution in [0.4, 0.5) is 0 Å². The molecule has 0 atom stereocenters. The Balaban J connectivity index is 1.31. The molecule has 6 heteroatoms. The predicted octanol–water partition coefficient (Wildman–Crippen LogP) is 5.16. The molecule has 1 aliphatic heterocycles. The van der Waals surface area contributed by atoms with Gasteiger partial charge in [-0.05, 0) is 68.1 Å². The first kappa shape index (κ1) is 19.2. The molecule has 0 amide bonds. The average Bonchev–Trinajstić information content (AvgIpc) is 3.15. The number of aromatic nitrogens is 2. The summed E-state index contributed by atoms with van der Waals surface area (Å²) in [5, 5.41) is 8.40. The molecule has 4 rings (SSSR count). The Morgan fingerprint density at radius 1 is 1.07 bits per heavy atom. The lowest BCUT2D eigenvalue weighted by Crippen LogP contribution is -2.38. The number of piperidine rings is 1. The maximum absolute atomic E-state index is 6.26. The van der Waals surface area contributed by atoms with E-state index in [1.807, 2.05) is 24.3 Å². The lowest BCUT2D eigenvalue weighted by molar-refractivity contribution is 0.0914. The molecule has 0 saturated carbocycles. The first-order valence-electron chi connectivity index (χ1n) is 9.61. The molecule has 0 unspecified atom stereocenters. The number of halogens is 1. The quantitative estimate of drug-likeness (QED) is 0.547. The van der Waals surface area contributed by atoms with Crippen molar-refractivity contribution in [2.75, 3.05) is 13.1 Å². The molecule has 1 aromatic heterocycles. The zero-order valence-corrected chi connectivity index (χ0v) is 17.8. The molecule has 0 aliphatic carbocycles. The zero-order valence-electron chi connectivity index (χ0n) is 16.2. The maximum Gasteiger partial charge on any atom is 0.247 e. The summed E-state index contributed by atoms with van der Waals surface area (Å²) in [6, 6.07) is 14.3. The third-order valence-corrected chi connectivity index (χ3v) is 5.62. The van der Waals surface area contributed by atoms with E-state index in [2.05, 4.69) is 63.1 Å². The van der Waals surface area contributed by atoms with Crippen molar-refractivity contribution in [2.24, 2.45) is 0 Å². The fourth-order valence-electron chi connectivity index (χ4n) is 3.42. The molecule has 28 heavy (non-hydrogen) atoms. The van der Waals surface area contributed by atoms with Crippen LogP contribution in [0.1, 0.15) is 29.9 Å². The lowest BCUT2D eigenvalue weighted by Gasteiger charge is -2.31. The molecule has 1 aliphatic rings. The van der Waals surface area contributed by atoms with Crippen LogP contribution < -0.4 is 4.74 Å². The second-order valence-corrected chi connectivity index (χ2v) is 8.29. The standard InChI is InChI=1S/C22H24BrN3O2/c1-15-3-4-16(2)20(13-15)27-19-9-11-26(12-10-19)14-21-24-25-22(28-21)17-5-7-18(23)8-6-17/h3-8,13,19H,9-12,14H2,1-2H3. The van der Waals surface area contributed by atoms with Crippen LogP contribution >= 0.6 is 15.9 Å². The highest BCUT2D eigenvalue weighted by Crippen LogP contribution is 2.25. The number of ether oxygens (including phenoxy) is 1. The van der Waals surface area contributed by atoms with E-state index in [0.29, 0.717) is 18.3 Å². The number of likely N-dealkylation sites (tertiary alicyclic amines) is 1. The van der Waals surface area contributed by atoms with Crippen molar-refractivity contribution in [3.05, 3.63) is 64.0 Å². The van der Waals surface area contributed by atoms with Gasteiger partial charge in [0.05, 0.1) is 6.54 Å². The van der Waals surface area contributed by atoms with Gasteiger partial charge >= 0.3 is 0 Å². The molecule has 146 valence electrons.